The maximum absolute atomic E-state index is 14.5. The Balaban J connectivity index is 1.56. The molecule has 1 aromatic heterocycles. The minimum absolute atomic E-state index is 0.0569. The molecule has 0 saturated carbocycles. The van der Waals surface area contributed by atoms with Gasteiger partial charge in [-0.2, -0.15) is 8.78 Å². The Morgan fingerprint density at radius 2 is 1.88 bits per heavy atom. The van der Waals surface area contributed by atoms with Gasteiger partial charge in [-0.15, -0.1) is 0 Å². The normalized spacial score (nSPS) is 25.8. The Labute approximate surface area is 235 Å². The van der Waals surface area contributed by atoms with E-state index < -0.39 is 29.2 Å². The predicted octanol–water partition coefficient (Wildman–Crippen LogP) is 4.56. The Morgan fingerprint density at radius 3 is 2.48 bits per heavy atom. The molecule has 2 saturated heterocycles. The van der Waals surface area contributed by atoms with E-state index in [1.165, 1.54) is 19.2 Å². The van der Waals surface area contributed by atoms with E-state index in [9.17, 15) is 22.8 Å². The van der Waals surface area contributed by atoms with E-state index in [-0.39, 0.29) is 36.7 Å². The van der Waals surface area contributed by atoms with Crippen molar-refractivity contribution < 1.29 is 27.5 Å². The van der Waals surface area contributed by atoms with Gasteiger partial charge in [-0.3, -0.25) is 19.6 Å². The van der Waals surface area contributed by atoms with Crippen LogP contribution in [0.1, 0.15) is 72.6 Å². The third-order valence-electron chi connectivity index (χ3n) is 8.18. The van der Waals surface area contributed by atoms with Gasteiger partial charge in [0.25, 0.3) is 5.92 Å². The zero-order valence-corrected chi connectivity index (χ0v) is 24.8. The molecule has 0 spiro atoms. The summed E-state index contributed by atoms with van der Waals surface area (Å²) < 4.78 is 48.7. The number of rotatable bonds is 6. The van der Waals surface area contributed by atoms with Crippen LogP contribution >= 0.6 is 0 Å². The van der Waals surface area contributed by atoms with Crippen LogP contribution in [0, 0.1) is 0 Å². The van der Waals surface area contributed by atoms with Crippen LogP contribution in [-0.4, -0.2) is 101 Å². The second-order valence-corrected chi connectivity index (χ2v) is 13.2. The van der Waals surface area contributed by atoms with Gasteiger partial charge >= 0.3 is 6.09 Å². The van der Waals surface area contributed by atoms with Crippen molar-refractivity contribution in [2.24, 2.45) is 0 Å². The lowest BCUT2D eigenvalue weighted by Crippen LogP contribution is -2.63. The van der Waals surface area contributed by atoms with E-state index in [4.69, 9.17) is 4.74 Å². The number of halogens is 3. The van der Waals surface area contributed by atoms with Crippen LogP contribution in [-0.2, 0) is 20.9 Å². The molecule has 0 unspecified atom stereocenters. The summed E-state index contributed by atoms with van der Waals surface area (Å²) in [6.07, 6.45) is 0.274. The van der Waals surface area contributed by atoms with Crippen LogP contribution < -0.4 is 4.90 Å². The largest absolute Gasteiger partial charge is 0.444 e. The van der Waals surface area contributed by atoms with Crippen LogP contribution in [0.5, 0.6) is 0 Å². The molecule has 2 amide bonds. The number of anilines is 1. The van der Waals surface area contributed by atoms with Crippen LogP contribution in [0.3, 0.4) is 0 Å². The fourth-order valence-corrected chi connectivity index (χ4v) is 5.92. The molecule has 3 aliphatic heterocycles. The van der Waals surface area contributed by atoms with Gasteiger partial charge in [0.1, 0.15) is 17.5 Å². The van der Waals surface area contributed by atoms with Crippen molar-refractivity contribution in [3.63, 3.8) is 0 Å². The molecule has 8 nitrogen and oxygen atoms in total. The van der Waals surface area contributed by atoms with Crippen molar-refractivity contribution in [3.05, 3.63) is 23.5 Å². The highest BCUT2D eigenvalue weighted by Crippen LogP contribution is 2.43. The van der Waals surface area contributed by atoms with Gasteiger partial charge in [-0.1, -0.05) is 20.8 Å². The molecular formula is C29H44F3N5O3. The topological polar surface area (TPSA) is 69.2 Å². The number of likely N-dealkylation sites (tertiary alicyclic amines) is 1. The van der Waals surface area contributed by atoms with Gasteiger partial charge in [0.15, 0.2) is 0 Å². The minimum Gasteiger partial charge on any atom is -0.444 e. The van der Waals surface area contributed by atoms with Crippen LogP contribution in [0.15, 0.2) is 12.3 Å². The minimum atomic E-state index is -3.08. The Morgan fingerprint density at radius 1 is 1.18 bits per heavy atom. The Kier molecular flexibility index (Phi) is 8.49. The van der Waals surface area contributed by atoms with Crippen molar-refractivity contribution in [2.75, 3.05) is 50.7 Å². The fourth-order valence-electron chi connectivity index (χ4n) is 5.92. The van der Waals surface area contributed by atoms with E-state index in [2.05, 4.69) is 4.98 Å². The Bertz CT molecular complexity index is 1110. The van der Waals surface area contributed by atoms with Crippen molar-refractivity contribution in [3.8, 4) is 0 Å². The van der Waals surface area contributed by atoms with E-state index in [1.54, 1.807) is 9.80 Å². The summed E-state index contributed by atoms with van der Waals surface area (Å²) in [5.74, 6) is -3.28. The molecule has 3 atom stereocenters. The molecule has 40 heavy (non-hydrogen) atoms. The van der Waals surface area contributed by atoms with Gasteiger partial charge in [0.2, 0.25) is 5.91 Å². The first-order valence-electron chi connectivity index (χ1n) is 14.3. The van der Waals surface area contributed by atoms with Crippen molar-refractivity contribution in [1.82, 2.24) is 19.7 Å². The number of alkyl halides is 3. The fraction of sp³-hybridized carbons (Fsp3) is 0.759. The number of carbonyl (C=O) groups is 2. The number of amides is 2. The van der Waals surface area contributed by atoms with Crippen LogP contribution in [0.25, 0.3) is 0 Å². The molecule has 0 bridgehead atoms. The summed E-state index contributed by atoms with van der Waals surface area (Å²) in [4.78, 5) is 38.3. The maximum Gasteiger partial charge on any atom is 0.410 e. The quantitative estimate of drug-likeness (QED) is 0.502. The SMILES string of the molecule is CCC(F)(F)c1cc2c(cn1)C(C)(C)CN2C(=O)CN1C[C@@H](C)N(C(=O)OC(C)(C)C)C[C@@H]1CN1CC[C@@H](F)C1. The molecule has 2 fully saturated rings. The first kappa shape index (κ1) is 30.6. The average molecular weight is 568 g/mol. The second-order valence-electron chi connectivity index (χ2n) is 13.2. The number of carbonyl (C=O) groups excluding carboxylic acids is 2. The van der Waals surface area contributed by atoms with Gasteiger partial charge in [-0.05, 0) is 40.2 Å². The van der Waals surface area contributed by atoms with Crippen molar-refractivity contribution in [1.29, 1.82) is 0 Å². The van der Waals surface area contributed by atoms with Crippen LogP contribution in [0.2, 0.25) is 0 Å². The monoisotopic (exact) mass is 567 g/mol. The summed E-state index contributed by atoms with van der Waals surface area (Å²) >= 11 is 0. The molecule has 4 heterocycles. The van der Waals surface area contributed by atoms with Gasteiger partial charge in [0, 0.05) is 74.9 Å². The zero-order valence-electron chi connectivity index (χ0n) is 24.8. The predicted molar refractivity (Wildman–Crippen MR) is 148 cm³/mol. The van der Waals surface area contributed by atoms with Crippen molar-refractivity contribution >= 4 is 17.7 Å². The lowest BCUT2D eigenvalue weighted by Gasteiger charge is -2.46. The smallest absolute Gasteiger partial charge is 0.410 e. The van der Waals surface area contributed by atoms with E-state index in [0.29, 0.717) is 51.4 Å². The average Bonchev–Trinajstić information content (AvgIpc) is 3.38. The number of hydrogen-bond acceptors (Lipinski definition) is 6. The van der Waals surface area contributed by atoms with Crippen LogP contribution in [0.4, 0.5) is 23.7 Å². The molecule has 0 radical (unpaired) electrons. The summed E-state index contributed by atoms with van der Waals surface area (Å²) in [7, 11) is 0. The molecule has 11 heteroatoms. The molecule has 0 N–H and O–H groups in total. The lowest BCUT2D eigenvalue weighted by molar-refractivity contribution is -0.121. The van der Waals surface area contributed by atoms with Crippen molar-refractivity contribution in [2.45, 2.75) is 96.5 Å². The number of ether oxygens (including phenoxy) is 1. The molecule has 3 aliphatic rings. The third kappa shape index (κ3) is 6.56. The van der Waals surface area contributed by atoms with E-state index in [0.717, 1.165) is 5.56 Å². The lowest BCUT2D eigenvalue weighted by atomic mass is 9.88. The number of aromatic nitrogens is 1. The highest BCUT2D eigenvalue weighted by molar-refractivity contribution is 5.97. The highest BCUT2D eigenvalue weighted by Gasteiger charge is 2.43. The zero-order chi connectivity index (χ0) is 29.6. The molecule has 224 valence electrons. The number of piperazine rings is 1. The molecule has 0 aromatic carbocycles. The molecular weight excluding hydrogens is 523 g/mol. The second kappa shape index (κ2) is 11.1. The molecule has 1 aromatic rings. The number of nitrogens with zero attached hydrogens (tertiary/aromatic N) is 5. The number of fused-ring (bicyclic) bond motifs is 1. The maximum atomic E-state index is 14.5. The summed E-state index contributed by atoms with van der Waals surface area (Å²) in [5.41, 5.74) is -0.177. The number of pyridine rings is 1. The summed E-state index contributed by atoms with van der Waals surface area (Å²) in [6.45, 7) is 15.4. The molecule has 4 rings (SSSR count). The third-order valence-corrected chi connectivity index (χ3v) is 8.18. The van der Waals surface area contributed by atoms with Gasteiger partial charge in [0.05, 0.1) is 12.2 Å². The molecule has 0 aliphatic carbocycles. The van der Waals surface area contributed by atoms with Gasteiger partial charge < -0.3 is 14.5 Å². The summed E-state index contributed by atoms with van der Waals surface area (Å²) in [5, 5.41) is 0. The summed E-state index contributed by atoms with van der Waals surface area (Å²) in [6, 6.07) is 0.927. The standard InChI is InChI=1S/C29H44F3N5O3/c1-8-29(31,32)24-11-23-22(12-33-24)28(6,7)18-37(23)25(38)17-35-13-19(2)36(26(39)40-27(3,4)5)16-21(35)15-34-10-9-20(30)14-34/h11-12,19-21H,8-10,13-18H2,1-7H3/t19-,20-,21+/m1/s1. The Hall–Kier alpha value is -2.40. The highest BCUT2D eigenvalue weighted by atomic mass is 19.3. The first-order valence-corrected chi connectivity index (χ1v) is 14.3. The van der Waals surface area contributed by atoms with E-state index >= 15 is 0 Å². The van der Waals surface area contributed by atoms with E-state index in [1.807, 2.05) is 51.3 Å². The first-order chi connectivity index (χ1) is 18.5. The van der Waals surface area contributed by atoms with Gasteiger partial charge in [-0.25, -0.2) is 9.18 Å². The number of hydrogen-bond donors (Lipinski definition) is 0.